The van der Waals surface area contributed by atoms with Gasteiger partial charge in [0.15, 0.2) is 5.78 Å². The number of ether oxygens (including phenoxy) is 3. The van der Waals surface area contributed by atoms with E-state index in [0.29, 0.717) is 12.0 Å². The van der Waals surface area contributed by atoms with E-state index in [1.54, 1.807) is 33.0 Å². The molecule has 81 heavy (non-hydrogen) atoms. The lowest BCUT2D eigenvalue weighted by molar-refractivity contribution is -0.155. The summed E-state index contributed by atoms with van der Waals surface area (Å²) in [5.41, 5.74) is 9.34. The summed E-state index contributed by atoms with van der Waals surface area (Å²) in [6.45, 7) is 10.5. The van der Waals surface area contributed by atoms with Crippen molar-refractivity contribution in [1.82, 2.24) is 42.2 Å². The smallest absolute Gasteiger partial charge is 0.407 e. The molecule has 2 aromatic carbocycles. The van der Waals surface area contributed by atoms with Gasteiger partial charge in [-0.1, -0.05) is 99.1 Å². The number of ketones is 1. The van der Waals surface area contributed by atoms with E-state index in [-0.39, 0.29) is 37.1 Å². The van der Waals surface area contributed by atoms with Gasteiger partial charge < -0.3 is 61.5 Å². The number of amides is 7. The first kappa shape index (κ1) is 66.5. The molecule has 3 rings (SSSR count). The number of aromatic nitrogens is 1. The molecular formula is C55H75N11O15. The molecule has 6 atom stereocenters. The van der Waals surface area contributed by atoms with Crippen LogP contribution in [0.1, 0.15) is 128 Å². The number of benzene rings is 2. The quantitative estimate of drug-likeness (QED) is 0.00564. The number of unbranched alkanes of at least 4 members (excludes halogenated alkanes) is 6. The highest BCUT2D eigenvalue weighted by atomic mass is 16.6. The number of carbonyl (C=O) groups excluding carboxylic acids is 10. The average Bonchev–Trinajstić information content (AvgIpc) is 3.86. The molecule has 6 unspecified atom stereocenters. The summed E-state index contributed by atoms with van der Waals surface area (Å²) in [5.74, 6) is -10.7. The molecule has 7 amide bonds. The monoisotopic (exact) mass is 1130 g/mol. The molecule has 0 aliphatic carbocycles. The van der Waals surface area contributed by atoms with Crippen LogP contribution in [0.2, 0.25) is 0 Å². The van der Waals surface area contributed by atoms with Gasteiger partial charge in [0.1, 0.15) is 42.9 Å². The highest BCUT2D eigenvalue weighted by Gasteiger charge is 2.38. The second-order valence-corrected chi connectivity index (χ2v) is 19.9. The molecule has 0 radical (unpaired) electrons. The van der Waals surface area contributed by atoms with E-state index in [2.05, 4.69) is 60.4 Å². The molecule has 26 nitrogen and oxygen atoms in total. The average molecular weight is 1130 g/mol. The molecular weight excluding hydrogens is 1050 g/mol. The summed E-state index contributed by atoms with van der Waals surface area (Å²) in [6, 6.07) is 3.75. The number of esters is 2. The molecule has 440 valence electrons. The molecule has 1 heterocycles. The zero-order valence-corrected chi connectivity index (χ0v) is 46.6. The van der Waals surface area contributed by atoms with Crippen molar-refractivity contribution in [3.05, 3.63) is 89.0 Å². The summed E-state index contributed by atoms with van der Waals surface area (Å²) in [4.78, 5) is 155. The molecule has 0 saturated carbocycles. The SMILES string of the molecule is C=CCCOC(=O)NC(CC(=O)c1ccccc1N=[N+]=[N-])C(=O)OC(C)C(NC(=O)C(CC(=O)OC)NC(=O)C(CC(=O)NC(C)(C)C)NC(=O)C(Cc1c[nH]c2ccccc12)NC(=O)CCCCCCCCC)C(=O)NCC(=O)O. The van der Waals surface area contributed by atoms with Gasteiger partial charge in [0, 0.05) is 58.1 Å². The van der Waals surface area contributed by atoms with Crippen molar-refractivity contribution < 1.29 is 72.1 Å². The number of fused-ring (bicyclic) bond motifs is 1. The van der Waals surface area contributed by atoms with E-state index in [0.717, 1.165) is 63.5 Å². The normalized spacial score (nSPS) is 13.2. The number of carbonyl (C=O) groups is 11. The third-order valence-electron chi connectivity index (χ3n) is 12.2. The van der Waals surface area contributed by atoms with Crippen molar-refractivity contribution in [1.29, 1.82) is 0 Å². The lowest BCUT2D eigenvalue weighted by atomic mass is 10.0. The maximum absolute atomic E-state index is 14.5. The van der Waals surface area contributed by atoms with E-state index in [9.17, 15) is 57.8 Å². The third-order valence-corrected chi connectivity index (χ3v) is 12.2. The number of H-pyrrole nitrogens is 1. The fraction of sp³-hybridized carbons (Fsp3) is 0.509. The molecule has 0 bridgehead atoms. The van der Waals surface area contributed by atoms with Crippen molar-refractivity contribution in [2.45, 2.75) is 160 Å². The Morgan fingerprint density at radius 1 is 0.765 bits per heavy atom. The minimum absolute atomic E-state index is 0.0685. The Balaban J connectivity index is 2.01. The lowest BCUT2D eigenvalue weighted by Gasteiger charge is -2.29. The molecule has 26 heteroatoms. The summed E-state index contributed by atoms with van der Waals surface area (Å²) in [5, 5.41) is 30.5. The Labute approximate surface area is 469 Å². The number of methoxy groups -OCH3 is 1. The highest BCUT2D eigenvalue weighted by molar-refractivity contribution is 6.03. The number of carboxylic acid groups (broad SMARTS) is 1. The molecule has 3 aromatic rings. The van der Waals surface area contributed by atoms with Crippen LogP contribution in [0, 0.1) is 0 Å². The molecule has 0 aliphatic heterocycles. The first-order valence-corrected chi connectivity index (χ1v) is 26.5. The predicted octanol–water partition coefficient (Wildman–Crippen LogP) is 4.68. The second kappa shape index (κ2) is 34.3. The zero-order valence-electron chi connectivity index (χ0n) is 46.6. The Hall–Kier alpha value is -8.80. The maximum atomic E-state index is 14.5. The van der Waals surface area contributed by atoms with Gasteiger partial charge in [-0.25, -0.2) is 9.59 Å². The predicted molar refractivity (Wildman–Crippen MR) is 295 cm³/mol. The highest BCUT2D eigenvalue weighted by Crippen LogP contribution is 2.23. The van der Waals surface area contributed by atoms with E-state index < -0.39 is 133 Å². The number of rotatable bonds is 35. The summed E-state index contributed by atoms with van der Waals surface area (Å²) in [6.07, 6.45) is 4.39. The first-order chi connectivity index (χ1) is 38.5. The minimum Gasteiger partial charge on any atom is -0.480 e. The molecule has 9 N–H and O–H groups in total. The largest absolute Gasteiger partial charge is 0.480 e. The van der Waals surface area contributed by atoms with Crippen molar-refractivity contribution in [2.75, 3.05) is 20.3 Å². The van der Waals surface area contributed by atoms with Crippen LogP contribution in [-0.4, -0.2) is 137 Å². The molecule has 0 fully saturated rings. The van der Waals surface area contributed by atoms with Crippen LogP contribution >= 0.6 is 0 Å². The van der Waals surface area contributed by atoms with Gasteiger partial charge in [-0.15, -0.1) is 6.58 Å². The van der Waals surface area contributed by atoms with Gasteiger partial charge in [-0.05, 0) is 57.7 Å². The number of hydrogen-bond donors (Lipinski definition) is 9. The van der Waals surface area contributed by atoms with Crippen LogP contribution in [0.3, 0.4) is 0 Å². The van der Waals surface area contributed by atoms with Crippen LogP contribution in [0.4, 0.5) is 10.5 Å². The van der Waals surface area contributed by atoms with E-state index in [1.165, 1.54) is 30.3 Å². The zero-order chi connectivity index (χ0) is 60.1. The van der Waals surface area contributed by atoms with E-state index in [4.69, 9.17) is 19.7 Å². The number of nitrogens with one attached hydrogen (secondary N) is 8. The van der Waals surface area contributed by atoms with E-state index >= 15 is 0 Å². The molecule has 0 spiro atoms. The lowest BCUT2D eigenvalue weighted by Crippen LogP contribution is -2.61. The van der Waals surface area contributed by atoms with Crippen LogP contribution in [-0.2, 0) is 63.8 Å². The van der Waals surface area contributed by atoms with Crippen LogP contribution in [0.15, 0.2) is 72.5 Å². The molecule has 0 saturated heterocycles. The van der Waals surface area contributed by atoms with Gasteiger partial charge in [-0.2, -0.15) is 0 Å². The number of para-hydroxylation sites is 1. The van der Waals surface area contributed by atoms with Gasteiger partial charge in [0.25, 0.3) is 0 Å². The maximum Gasteiger partial charge on any atom is 0.407 e. The molecule has 0 aliphatic rings. The second-order valence-electron chi connectivity index (χ2n) is 19.9. The standard InChI is InChI=1S/C55H75N11O15/c1-8-10-12-13-14-15-16-25-44(68)59-39(27-34-31-57-37-23-19-17-21-35(34)37)49(73)60-40(29-45(69)64-55(4,5)6)50(74)61-41(30-47(72)79-7)51(75)63-48(52(76)58-32-46(70)71)33(3)81-53(77)42(62-54(78)80-26-11-9-2)28-43(67)36-22-18-20-24-38(36)65-66-56/h9,17-24,31,33,39-42,48,57H,2,8,10-16,25-30,32H2,1,3-7H3,(H,58,76)(H,59,68)(H,60,73)(H,61,74)(H,62,78)(H,63,75)(H,64,69)(H,70,71). The fourth-order valence-electron chi connectivity index (χ4n) is 8.12. The third kappa shape index (κ3) is 24.0. The van der Waals surface area contributed by atoms with Crippen LogP contribution < -0.4 is 37.2 Å². The number of azide groups is 1. The van der Waals surface area contributed by atoms with E-state index in [1.807, 2.05) is 23.5 Å². The van der Waals surface area contributed by atoms with Gasteiger partial charge >= 0.3 is 24.0 Å². The van der Waals surface area contributed by atoms with Crippen LogP contribution in [0.5, 0.6) is 0 Å². The van der Waals surface area contributed by atoms with Crippen molar-refractivity contribution in [3.8, 4) is 0 Å². The Morgan fingerprint density at radius 3 is 2.05 bits per heavy atom. The number of alkyl carbamates (subject to hydrolysis) is 1. The van der Waals surface area contributed by atoms with Gasteiger partial charge in [-0.3, -0.25) is 43.2 Å². The van der Waals surface area contributed by atoms with Crippen molar-refractivity contribution in [2.24, 2.45) is 5.11 Å². The summed E-state index contributed by atoms with van der Waals surface area (Å²) < 4.78 is 15.4. The number of aliphatic carboxylic acids is 1. The minimum atomic E-state index is -2.05. The number of carboxylic acids is 1. The number of Topliss-reactive ketones (excluding diaryl/α,β-unsaturated/α-hetero) is 1. The van der Waals surface area contributed by atoms with Crippen molar-refractivity contribution >= 4 is 81.8 Å². The van der Waals surface area contributed by atoms with Crippen LogP contribution in [0.25, 0.3) is 21.3 Å². The number of hydrogen-bond acceptors (Lipinski definition) is 15. The van der Waals surface area contributed by atoms with Gasteiger partial charge in [0.2, 0.25) is 35.4 Å². The Kier molecular flexibility index (Phi) is 28.1. The summed E-state index contributed by atoms with van der Waals surface area (Å²) in [7, 11) is 0.970. The van der Waals surface area contributed by atoms with Crippen molar-refractivity contribution in [3.63, 3.8) is 0 Å². The number of aromatic amines is 1. The summed E-state index contributed by atoms with van der Waals surface area (Å²) >= 11 is 0. The first-order valence-electron chi connectivity index (χ1n) is 26.5. The fourth-order valence-corrected chi connectivity index (χ4v) is 8.12. The Morgan fingerprint density at radius 2 is 1.40 bits per heavy atom. The topological polar surface area (TPSA) is 384 Å². The number of nitrogens with zero attached hydrogens (tertiary/aromatic N) is 3. The van der Waals surface area contributed by atoms with Gasteiger partial charge in [0.05, 0.1) is 26.6 Å². The molecule has 1 aromatic heterocycles. The Bertz CT molecular complexity index is 2750.